The Morgan fingerprint density at radius 3 is 1.82 bits per heavy atom. The van der Waals surface area contributed by atoms with Gasteiger partial charge in [-0.2, -0.15) is 16.8 Å². The van der Waals surface area contributed by atoms with Crippen molar-refractivity contribution in [1.29, 1.82) is 0 Å². The largest absolute Gasteiger partial charge is 0.391 e. The molecule has 0 spiro atoms. The first-order valence-corrected chi connectivity index (χ1v) is 5.15. The van der Waals surface area contributed by atoms with Crippen molar-refractivity contribution in [3.63, 3.8) is 0 Å². The molecule has 2 N–H and O–H groups in total. The molecule has 1 atom stereocenters. The van der Waals surface area contributed by atoms with E-state index in [1.807, 2.05) is 0 Å². The summed E-state index contributed by atoms with van der Waals surface area (Å²) in [6, 6.07) is 0. The number of aliphatic hydroxyl groups excluding tert-OH is 1. The summed E-state index contributed by atoms with van der Waals surface area (Å²) in [5.41, 5.74) is 0. The molecular weight excluding hydrogens is 200 g/mol. The first kappa shape index (κ1) is 8.87. The van der Waals surface area contributed by atoms with Crippen LogP contribution in [0.3, 0.4) is 0 Å². The van der Waals surface area contributed by atoms with Crippen LogP contribution in [0.4, 0.5) is 0 Å². The summed E-state index contributed by atoms with van der Waals surface area (Å²) in [7, 11) is -9.22. The van der Waals surface area contributed by atoms with Gasteiger partial charge < -0.3 is 5.11 Å². The highest BCUT2D eigenvalue weighted by molar-refractivity contribution is 8.10. The number of hydrogen-bond acceptors (Lipinski definition) is 6. The van der Waals surface area contributed by atoms with Gasteiger partial charge in [-0.1, -0.05) is 0 Å². The van der Waals surface area contributed by atoms with Gasteiger partial charge in [-0.25, -0.2) is 4.18 Å². The molecule has 0 aromatic rings. The van der Waals surface area contributed by atoms with Crippen molar-refractivity contribution >= 4 is 20.2 Å². The molecule has 0 saturated carbocycles. The quantitative estimate of drug-likeness (QED) is 0.389. The molecule has 0 aliphatic carbocycles. The Morgan fingerprint density at radius 2 is 1.82 bits per heavy atom. The number of rotatable bonds is 2. The van der Waals surface area contributed by atoms with Crippen LogP contribution in [0.1, 0.15) is 0 Å². The Balaban J connectivity index is 3.25. The highest BCUT2D eigenvalue weighted by Crippen LogP contribution is 2.42. The van der Waals surface area contributed by atoms with E-state index in [9.17, 15) is 16.8 Å². The zero-order valence-electron chi connectivity index (χ0n) is 4.96. The molecule has 1 heterocycles. The van der Waals surface area contributed by atoms with Crippen molar-refractivity contribution in [1.82, 2.24) is 0 Å². The molecule has 0 aromatic carbocycles. The lowest BCUT2D eigenvalue weighted by atomic mass is 10.8. The molecule has 0 radical (unpaired) electrons. The van der Waals surface area contributed by atoms with E-state index in [2.05, 4.69) is 4.18 Å². The van der Waals surface area contributed by atoms with E-state index in [-0.39, 0.29) is 0 Å². The molecule has 0 bridgehead atoms. The van der Waals surface area contributed by atoms with Crippen LogP contribution in [-0.4, -0.2) is 37.4 Å². The normalized spacial score (nSPS) is 35.1. The molecule has 1 unspecified atom stereocenters. The summed E-state index contributed by atoms with van der Waals surface area (Å²) in [4.78, 5) is 0. The summed E-state index contributed by atoms with van der Waals surface area (Å²) in [5, 5.41) is 8.28. The average Bonchev–Trinajstić information content (AvgIpc) is 2.33. The lowest BCUT2D eigenvalue weighted by molar-refractivity contribution is 0.212. The molecule has 66 valence electrons. The van der Waals surface area contributed by atoms with E-state index < -0.39 is 31.1 Å². The average molecular weight is 204 g/mol. The lowest BCUT2D eigenvalue weighted by Gasteiger charge is -1.96. The second-order valence-electron chi connectivity index (χ2n) is 1.85. The number of aliphatic hydroxyl groups is 1. The highest BCUT2D eigenvalue weighted by Gasteiger charge is 2.74. The van der Waals surface area contributed by atoms with E-state index in [1.165, 1.54) is 0 Å². The molecular formula is C2H4O7S2. The van der Waals surface area contributed by atoms with E-state index in [0.717, 1.165) is 0 Å². The van der Waals surface area contributed by atoms with Gasteiger partial charge in [0.15, 0.2) is 0 Å². The first-order chi connectivity index (χ1) is 4.77. The van der Waals surface area contributed by atoms with Crippen LogP contribution >= 0.6 is 0 Å². The van der Waals surface area contributed by atoms with Gasteiger partial charge in [-0.3, -0.25) is 4.55 Å². The zero-order chi connectivity index (χ0) is 8.91. The van der Waals surface area contributed by atoms with E-state index in [1.54, 1.807) is 0 Å². The fraction of sp³-hybridized carbons (Fsp3) is 1.00. The van der Waals surface area contributed by atoms with Gasteiger partial charge in [0.1, 0.15) is 6.61 Å². The maximum absolute atomic E-state index is 10.4. The molecule has 1 aliphatic rings. The minimum absolute atomic E-state index is 1.31. The third-order valence-corrected chi connectivity index (χ3v) is 4.85. The van der Waals surface area contributed by atoms with Crippen LogP contribution in [0, 0.1) is 0 Å². The zero-order valence-corrected chi connectivity index (χ0v) is 6.59. The minimum Gasteiger partial charge on any atom is -0.391 e. The van der Waals surface area contributed by atoms with Gasteiger partial charge >= 0.3 is 24.5 Å². The van der Waals surface area contributed by atoms with Crippen molar-refractivity contribution < 1.29 is 30.7 Å². The molecule has 1 rings (SSSR count). The van der Waals surface area contributed by atoms with Crippen molar-refractivity contribution in [2.45, 2.75) is 4.27 Å². The molecule has 9 heteroatoms. The topological polar surface area (TPSA) is 121 Å². The van der Waals surface area contributed by atoms with Crippen LogP contribution in [0.5, 0.6) is 0 Å². The Morgan fingerprint density at radius 1 is 1.45 bits per heavy atom. The molecule has 1 fully saturated rings. The maximum Gasteiger partial charge on any atom is 0.358 e. The minimum atomic E-state index is -4.91. The standard InChI is InChI=1S/C2H4O7S2/c3-1-2(10(4,5)6)9-11(2,7)8/h3H,1H2,(H,4,5,6). The Labute approximate surface area is 62.5 Å². The van der Waals surface area contributed by atoms with Crippen LogP contribution in [-0.2, 0) is 24.4 Å². The van der Waals surface area contributed by atoms with Crippen molar-refractivity contribution in [2.24, 2.45) is 0 Å². The van der Waals surface area contributed by atoms with Crippen molar-refractivity contribution in [3.8, 4) is 0 Å². The third kappa shape index (κ3) is 0.964. The molecule has 1 saturated heterocycles. The SMILES string of the molecule is O=S(=O)(O)C1(CO)OS1(=O)=O. The second kappa shape index (κ2) is 1.93. The van der Waals surface area contributed by atoms with Gasteiger partial charge in [0.05, 0.1) is 0 Å². The summed E-state index contributed by atoms with van der Waals surface area (Å²) < 4.78 is 50.3. The predicted molar refractivity (Wildman–Crippen MR) is 31.4 cm³/mol. The van der Waals surface area contributed by atoms with E-state index in [4.69, 9.17) is 9.66 Å². The summed E-state index contributed by atoms with van der Waals surface area (Å²) in [6.07, 6.45) is 0. The molecule has 0 aromatic heterocycles. The monoisotopic (exact) mass is 204 g/mol. The maximum atomic E-state index is 10.4. The predicted octanol–water partition coefficient (Wildman–Crippen LogP) is -2.12. The molecule has 0 amide bonds. The van der Waals surface area contributed by atoms with Gasteiger partial charge in [0, 0.05) is 0 Å². The first-order valence-electron chi connectivity index (χ1n) is 2.30. The van der Waals surface area contributed by atoms with Crippen LogP contribution in [0.25, 0.3) is 0 Å². The fourth-order valence-electron chi connectivity index (χ4n) is 0.509. The molecule has 7 nitrogen and oxygen atoms in total. The third-order valence-electron chi connectivity index (χ3n) is 1.18. The molecule has 11 heavy (non-hydrogen) atoms. The van der Waals surface area contributed by atoms with Crippen LogP contribution in [0.15, 0.2) is 0 Å². The summed E-state index contributed by atoms with van der Waals surface area (Å²) in [5.74, 6) is 0. The van der Waals surface area contributed by atoms with Gasteiger partial charge in [-0.15, -0.1) is 0 Å². The highest BCUT2D eigenvalue weighted by atomic mass is 32.3. The van der Waals surface area contributed by atoms with Crippen molar-refractivity contribution in [2.75, 3.05) is 6.61 Å². The summed E-state index contributed by atoms with van der Waals surface area (Å²) >= 11 is 0. The fourth-order valence-corrected chi connectivity index (χ4v) is 2.99. The smallest absolute Gasteiger partial charge is 0.358 e. The van der Waals surface area contributed by atoms with Crippen LogP contribution in [0.2, 0.25) is 0 Å². The lowest BCUT2D eigenvalue weighted by Crippen LogP contribution is -2.29. The Bertz CT molecular complexity index is 361. The van der Waals surface area contributed by atoms with Gasteiger partial charge in [-0.05, 0) is 0 Å². The van der Waals surface area contributed by atoms with Gasteiger partial charge in [0.25, 0.3) is 0 Å². The Hall–Kier alpha value is -0.220. The van der Waals surface area contributed by atoms with E-state index >= 15 is 0 Å². The van der Waals surface area contributed by atoms with Crippen molar-refractivity contribution in [3.05, 3.63) is 0 Å². The Kier molecular flexibility index (Phi) is 1.55. The second-order valence-corrected chi connectivity index (χ2v) is 5.46. The molecule has 1 aliphatic heterocycles. The number of hydrogen-bond donors (Lipinski definition) is 2. The van der Waals surface area contributed by atoms with E-state index in [0.29, 0.717) is 0 Å². The summed E-state index contributed by atoms with van der Waals surface area (Å²) in [6.45, 7) is -1.31. The van der Waals surface area contributed by atoms with Crippen LogP contribution < -0.4 is 0 Å². The van der Waals surface area contributed by atoms with Gasteiger partial charge in [0.2, 0.25) is 0 Å².